The molecule has 2 aliphatic heterocycles. The molecule has 0 radical (unpaired) electrons. The molecule has 5 heterocycles. The Morgan fingerprint density at radius 1 is 1.11 bits per heavy atom. The van der Waals surface area contributed by atoms with Gasteiger partial charge in [-0.2, -0.15) is 15.2 Å². The maximum atomic E-state index is 16.6. The molecule has 8 rings (SSSR count). The number of nitrogens with one attached hydrogen (secondary N) is 1. The summed E-state index contributed by atoms with van der Waals surface area (Å²) in [5.74, 6) is -0.582. The van der Waals surface area contributed by atoms with Crippen LogP contribution in [0.5, 0.6) is 6.01 Å². The Balaban J connectivity index is 1.23. The number of rotatable bonds is 7. The minimum atomic E-state index is -0.705. The minimum Gasteiger partial charge on any atom is -0.463 e. The summed E-state index contributed by atoms with van der Waals surface area (Å²) in [6.07, 6.45) is 2.14. The summed E-state index contributed by atoms with van der Waals surface area (Å²) in [6, 6.07) is 8.33. The Bertz CT molecular complexity index is 2090. The molecule has 47 heavy (non-hydrogen) atoms. The van der Waals surface area contributed by atoms with E-state index in [1.54, 1.807) is 6.07 Å². The van der Waals surface area contributed by atoms with Crippen molar-refractivity contribution in [3.8, 4) is 23.2 Å². The van der Waals surface area contributed by atoms with Gasteiger partial charge in [-0.25, -0.2) is 13.8 Å². The SMILES string of the molecule is N#Cc1c(N)sc2c(F)ccc(-c3c(Cl)cc4cc5c(N6CCNCC6)nc(OCC6(CN7CCOCC7)CC6)nc5nc4c3F)c12. The third-order valence-electron chi connectivity index (χ3n) is 9.37. The van der Waals surface area contributed by atoms with E-state index < -0.39 is 11.6 Å². The normalized spacial score (nSPS) is 18.2. The standard InChI is InChI=1S/C33H31ClF2N8O2S/c34-22-14-18-13-20-30(40-27(18)26(36)25(22)19-1-2-23(35)28-24(19)21(15-37)29(38)47-28)41-32(42-31(20)44-7-5-39-6-8-44)46-17-33(3-4-33)16-43-9-11-45-12-10-43/h1-2,13-14,39H,3-12,16-17,38H2. The third-order valence-corrected chi connectivity index (χ3v) is 10.7. The highest BCUT2D eigenvalue weighted by atomic mass is 35.5. The number of nitrogens with two attached hydrogens (primary N) is 1. The average Bonchev–Trinajstić information content (AvgIpc) is 3.76. The van der Waals surface area contributed by atoms with Crippen LogP contribution in [-0.2, 0) is 4.74 Å². The Morgan fingerprint density at radius 3 is 2.64 bits per heavy atom. The first-order chi connectivity index (χ1) is 22.8. The number of morpholine rings is 1. The smallest absolute Gasteiger partial charge is 0.320 e. The predicted octanol–water partition coefficient (Wildman–Crippen LogP) is 5.35. The molecule has 2 saturated heterocycles. The lowest BCUT2D eigenvalue weighted by molar-refractivity contribution is 0.0231. The van der Waals surface area contributed by atoms with Crippen LogP contribution in [0.4, 0.5) is 19.6 Å². The average molecular weight is 677 g/mol. The lowest BCUT2D eigenvalue weighted by Crippen LogP contribution is -2.44. The van der Waals surface area contributed by atoms with Crippen LogP contribution in [0.3, 0.4) is 0 Å². The summed E-state index contributed by atoms with van der Waals surface area (Å²) in [6.45, 7) is 7.76. The number of ether oxygens (including phenoxy) is 2. The molecule has 2 aromatic carbocycles. The van der Waals surface area contributed by atoms with E-state index in [2.05, 4.69) is 20.1 Å². The topological polar surface area (TPSA) is 125 Å². The van der Waals surface area contributed by atoms with Crippen molar-refractivity contribution >= 4 is 65.8 Å². The van der Waals surface area contributed by atoms with Crippen LogP contribution in [0.1, 0.15) is 18.4 Å². The molecule has 0 unspecified atom stereocenters. The molecule has 1 saturated carbocycles. The summed E-state index contributed by atoms with van der Waals surface area (Å²) >= 11 is 7.70. The van der Waals surface area contributed by atoms with Gasteiger partial charge in [0.2, 0.25) is 0 Å². The fourth-order valence-corrected chi connectivity index (χ4v) is 7.92. The summed E-state index contributed by atoms with van der Waals surface area (Å²) in [5, 5.41) is 14.8. The number of pyridine rings is 1. The van der Waals surface area contributed by atoms with Crippen molar-refractivity contribution in [2.75, 3.05) is 76.3 Å². The Hall–Kier alpha value is -3.93. The maximum absolute atomic E-state index is 16.6. The third kappa shape index (κ3) is 5.48. The first-order valence-corrected chi connectivity index (χ1v) is 16.8. The summed E-state index contributed by atoms with van der Waals surface area (Å²) in [5.41, 5.74) is 6.79. The van der Waals surface area contributed by atoms with Crippen molar-refractivity contribution in [1.29, 1.82) is 5.26 Å². The molecular formula is C33H31ClF2N8O2S. The molecule has 10 nitrogen and oxygen atoms in total. The molecule has 3 N–H and O–H groups in total. The summed E-state index contributed by atoms with van der Waals surface area (Å²) < 4.78 is 43.4. The minimum absolute atomic E-state index is 0.0111. The van der Waals surface area contributed by atoms with Gasteiger partial charge in [-0.05, 0) is 36.6 Å². The van der Waals surface area contributed by atoms with Gasteiger partial charge >= 0.3 is 6.01 Å². The second-order valence-electron chi connectivity index (χ2n) is 12.5. The number of thiophene rings is 1. The molecule has 242 valence electrons. The number of benzene rings is 2. The zero-order chi connectivity index (χ0) is 32.3. The fraction of sp³-hybridized carbons (Fsp3) is 0.394. The van der Waals surface area contributed by atoms with Gasteiger partial charge in [0, 0.05) is 67.6 Å². The maximum Gasteiger partial charge on any atom is 0.320 e. The van der Waals surface area contributed by atoms with Crippen LogP contribution in [0.25, 0.3) is 43.1 Å². The molecule has 3 fully saturated rings. The van der Waals surface area contributed by atoms with E-state index in [4.69, 9.17) is 36.8 Å². The van der Waals surface area contributed by atoms with Gasteiger partial charge in [0.1, 0.15) is 28.2 Å². The number of nitrogens with zero attached hydrogens (tertiary/aromatic N) is 6. The van der Waals surface area contributed by atoms with Gasteiger partial charge in [-0.1, -0.05) is 17.7 Å². The van der Waals surface area contributed by atoms with Crippen LogP contribution in [0.15, 0.2) is 24.3 Å². The molecular weight excluding hydrogens is 646 g/mol. The predicted molar refractivity (Wildman–Crippen MR) is 179 cm³/mol. The van der Waals surface area contributed by atoms with Crippen LogP contribution in [0, 0.1) is 28.4 Å². The zero-order valence-corrected chi connectivity index (χ0v) is 27.0. The molecule has 3 aliphatic rings. The molecule has 14 heteroatoms. The molecule has 0 spiro atoms. The van der Waals surface area contributed by atoms with Gasteiger partial charge < -0.3 is 25.4 Å². The van der Waals surface area contributed by atoms with Crippen LogP contribution in [-0.4, -0.2) is 85.5 Å². The number of piperazine rings is 1. The van der Waals surface area contributed by atoms with Gasteiger partial charge in [0.25, 0.3) is 0 Å². The first kappa shape index (κ1) is 30.4. The highest BCUT2D eigenvalue weighted by Crippen LogP contribution is 2.47. The Kier molecular flexibility index (Phi) is 7.73. The zero-order valence-electron chi connectivity index (χ0n) is 25.4. The van der Waals surface area contributed by atoms with E-state index in [-0.39, 0.29) is 53.7 Å². The van der Waals surface area contributed by atoms with Crippen molar-refractivity contribution in [1.82, 2.24) is 25.2 Å². The van der Waals surface area contributed by atoms with Gasteiger partial charge in [-0.3, -0.25) is 4.90 Å². The van der Waals surface area contributed by atoms with E-state index in [0.717, 1.165) is 83.2 Å². The molecule has 0 amide bonds. The summed E-state index contributed by atoms with van der Waals surface area (Å²) in [7, 11) is 0. The molecule has 1 aliphatic carbocycles. The number of hydrogen-bond donors (Lipinski definition) is 2. The van der Waals surface area contributed by atoms with E-state index >= 15 is 4.39 Å². The fourth-order valence-electron chi connectivity index (χ4n) is 6.67. The molecule has 5 aromatic rings. The second kappa shape index (κ2) is 11.9. The van der Waals surface area contributed by atoms with Gasteiger partial charge in [0.05, 0.1) is 40.5 Å². The van der Waals surface area contributed by atoms with Crippen LogP contribution in [0.2, 0.25) is 5.02 Å². The van der Waals surface area contributed by atoms with Crippen molar-refractivity contribution in [2.24, 2.45) is 5.41 Å². The monoisotopic (exact) mass is 676 g/mol. The van der Waals surface area contributed by atoms with E-state index in [1.807, 2.05) is 12.1 Å². The van der Waals surface area contributed by atoms with Gasteiger partial charge in [0.15, 0.2) is 11.5 Å². The first-order valence-electron chi connectivity index (χ1n) is 15.6. The van der Waals surface area contributed by atoms with Gasteiger partial charge in [-0.15, -0.1) is 11.3 Å². The summed E-state index contributed by atoms with van der Waals surface area (Å²) in [4.78, 5) is 18.9. The molecule has 3 aromatic heterocycles. The highest BCUT2D eigenvalue weighted by molar-refractivity contribution is 7.23. The number of hydrogen-bond acceptors (Lipinski definition) is 11. The van der Waals surface area contributed by atoms with Crippen molar-refractivity contribution in [3.63, 3.8) is 0 Å². The van der Waals surface area contributed by atoms with E-state index in [9.17, 15) is 9.65 Å². The van der Waals surface area contributed by atoms with Crippen molar-refractivity contribution < 1.29 is 18.3 Å². The number of fused-ring (bicyclic) bond motifs is 3. The number of nitriles is 1. The lowest BCUT2D eigenvalue weighted by atomic mass is 9.97. The number of aromatic nitrogens is 3. The van der Waals surface area contributed by atoms with Crippen molar-refractivity contribution in [3.05, 3.63) is 46.5 Å². The van der Waals surface area contributed by atoms with E-state index in [1.165, 1.54) is 12.1 Å². The number of halogens is 3. The largest absolute Gasteiger partial charge is 0.463 e. The Morgan fingerprint density at radius 2 is 1.89 bits per heavy atom. The quantitative estimate of drug-likeness (QED) is 0.218. The van der Waals surface area contributed by atoms with Crippen LogP contribution < -0.4 is 20.7 Å². The van der Waals surface area contributed by atoms with Crippen LogP contribution >= 0.6 is 22.9 Å². The van der Waals surface area contributed by atoms with Crippen molar-refractivity contribution in [2.45, 2.75) is 12.8 Å². The number of anilines is 2. The highest BCUT2D eigenvalue weighted by Gasteiger charge is 2.45. The van der Waals surface area contributed by atoms with E-state index in [0.29, 0.717) is 28.8 Å². The molecule has 0 bridgehead atoms. The lowest BCUT2D eigenvalue weighted by Gasteiger charge is -2.31. The number of nitrogen functional groups attached to an aromatic ring is 1. The second-order valence-corrected chi connectivity index (χ2v) is 13.9. The Labute approximate surface area is 278 Å². The molecule has 0 atom stereocenters.